The number of aryl methyl sites for hydroxylation is 2. The Bertz CT molecular complexity index is 561. The van der Waals surface area contributed by atoms with E-state index in [0.717, 1.165) is 0 Å². The Hall–Kier alpha value is -1.34. The lowest BCUT2D eigenvalue weighted by atomic mass is 9.93. The predicted molar refractivity (Wildman–Crippen MR) is 78.1 cm³/mol. The summed E-state index contributed by atoms with van der Waals surface area (Å²) in [5, 5.41) is 6.47. The Balaban J connectivity index is 2.19. The molecule has 0 radical (unpaired) electrons. The minimum atomic E-state index is 0.486. The first-order valence-electron chi connectivity index (χ1n) is 7.05. The first-order chi connectivity index (χ1) is 8.85. The van der Waals surface area contributed by atoms with Gasteiger partial charge in [0, 0.05) is 6.04 Å². The fraction of sp³-hybridized carbons (Fsp3) is 0.412. The highest BCUT2D eigenvalue weighted by Crippen LogP contribution is 2.35. The lowest BCUT2D eigenvalue weighted by molar-refractivity contribution is 0.545. The van der Waals surface area contributed by atoms with Gasteiger partial charge >= 0.3 is 0 Å². The standard InChI is InChI=1S/C17H21N/c1-3-5-16(18-2)14-11-10-13-9-8-12-6-4-7-15(14)17(12)13/h4,6-7,10-11,16,18H,3,5,8-9H2,1-2H3. The summed E-state index contributed by atoms with van der Waals surface area (Å²) < 4.78 is 0. The zero-order valence-corrected chi connectivity index (χ0v) is 11.3. The SMILES string of the molecule is CCCC(NC)c1ccc2c3c(cccc13)CC2. The van der Waals surface area contributed by atoms with Gasteiger partial charge in [-0.25, -0.2) is 0 Å². The summed E-state index contributed by atoms with van der Waals surface area (Å²) in [6.07, 6.45) is 4.85. The molecule has 0 heterocycles. The fourth-order valence-corrected chi connectivity index (χ4v) is 3.32. The average Bonchev–Trinajstić information content (AvgIpc) is 2.83. The maximum absolute atomic E-state index is 3.47. The van der Waals surface area contributed by atoms with Crippen LogP contribution in [0.5, 0.6) is 0 Å². The molecule has 2 aromatic carbocycles. The summed E-state index contributed by atoms with van der Waals surface area (Å²) in [5.41, 5.74) is 4.55. The molecule has 0 saturated carbocycles. The molecular formula is C17H21N. The smallest absolute Gasteiger partial charge is 0.0323 e. The summed E-state index contributed by atoms with van der Waals surface area (Å²) >= 11 is 0. The molecule has 1 N–H and O–H groups in total. The van der Waals surface area contributed by atoms with Gasteiger partial charge in [0.15, 0.2) is 0 Å². The van der Waals surface area contributed by atoms with Crippen molar-refractivity contribution in [3.63, 3.8) is 0 Å². The van der Waals surface area contributed by atoms with E-state index in [1.165, 1.54) is 53.1 Å². The van der Waals surface area contributed by atoms with Crippen molar-refractivity contribution in [2.24, 2.45) is 0 Å². The predicted octanol–water partition coefficient (Wildman–Crippen LogP) is 4.00. The lowest BCUT2D eigenvalue weighted by Gasteiger charge is -2.19. The molecule has 0 fully saturated rings. The molecule has 0 aromatic heterocycles. The van der Waals surface area contributed by atoms with E-state index in [-0.39, 0.29) is 0 Å². The third-order valence-corrected chi connectivity index (χ3v) is 4.21. The van der Waals surface area contributed by atoms with Gasteiger partial charge in [-0.1, -0.05) is 43.7 Å². The van der Waals surface area contributed by atoms with Crippen molar-refractivity contribution in [2.75, 3.05) is 7.05 Å². The van der Waals surface area contributed by atoms with Crippen LogP contribution in [-0.2, 0) is 12.8 Å². The average molecular weight is 239 g/mol. The molecule has 1 heteroatoms. The molecule has 0 amide bonds. The largest absolute Gasteiger partial charge is 0.313 e. The molecule has 2 aromatic rings. The van der Waals surface area contributed by atoms with Crippen molar-refractivity contribution < 1.29 is 0 Å². The normalized spacial score (nSPS) is 15.2. The second-order valence-electron chi connectivity index (χ2n) is 5.28. The third-order valence-electron chi connectivity index (χ3n) is 4.21. The highest BCUT2D eigenvalue weighted by molar-refractivity contribution is 5.93. The van der Waals surface area contributed by atoms with E-state index in [2.05, 4.69) is 49.6 Å². The van der Waals surface area contributed by atoms with Crippen molar-refractivity contribution in [1.29, 1.82) is 0 Å². The molecule has 0 aliphatic heterocycles. The molecular weight excluding hydrogens is 218 g/mol. The van der Waals surface area contributed by atoms with Gasteiger partial charge in [-0.15, -0.1) is 0 Å². The number of benzene rings is 2. The van der Waals surface area contributed by atoms with E-state index in [4.69, 9.17) is 0 Å². The van der Waals surface area contributed by atoms with Crippen LogP contribution in [0.15, 0.2) is 30.3 Å². The molecule has 1 aliphatic rings. The zero-order chi connectivity index (χ0) is 12.5. The van der Waals surface area contributed by atoms with E-state index < -0.39 is 0 Å². The summed E-state index contributed by atoms with van der Waals surface area (Å²) in [4.78, 5) is 0. The number of nitrogens with one attached hydrogen (secondary N) is 1. The van der Waals surface area contributed by atoms with E-state index in [9.17, 15) is 0 Å². The van der Waals surface area contributed by atoms with Gasteiger partial charge in [0.25, 0.3) is 0 Å². The van der Waals surface area contributed by atoms with E-state index in [1.54, 1.807) is 0 Å². The van der Waals surface area contributed by atoms with Crippen LogP contribution in [0, 0.1) is 0 Å². The van der Waals surface area contributed by atoms with Gasteiger partial charge in [0.05, 0.1) is 0 Å². The van der Waals surface area contributed by atoms with Gasteiger partial charge in [0.1, 0.15) is 0 Å². The molecule has 1 aliphatic carbocycles. The minimum Gasteiger partial charge on any atom is -0.313 e. The topological polar surface area (TPSA) is 12.0 Å². The maximum atomic E-state index is 3.47. The van der Waals surface area contributed by atoms with Crippen molar-refractivity contribution in [1.82, 2.24) is 5.32 Å². The van der Waals surface area contributed by atoms with E-state index in [1.807, 2.05) is 0 Å². The third kappa shape index (κ3) is 1.74. The van der Waals surface area contributed by atoms with Crippen LogP contribution in [0.4, 0.5) is 0 Å². The van der Waals surface area contributed by atoms with Gasteiger partial charge in [-0.05, 0) is 53.8 Å². The molecule has 3 rings (SSSR count). The Morgan fingerprint density at radius 1 is 1.11 bits per heavy atom. The van der Waals surface area contributed by atoms with Crippen LogP contribution < -0.4 is 5.32 Å². The highest BCUT2D eigenvalue weighted by Gasteiger charge is 2.18. The maximum Gasteiger partial charge on any atom is 0.0323 e. The second kappa shape index (κ2) is 4.74. The summed E-state index contributed by atoms with van der Waals surface area (Å²) in [7, 11) is 2.07. The van der Waals surface area contributed by atoms with Gasteiger partial charge in [0.2, 0.25) is 0 Å². The van der Waals surface area contributed by atoms with Crippen LogP contribution in [0.25, 0.3) is 10.8 Å². The molecule has 0 bridgehead atoms. The Morgan fingerprint density at radius 2 is 1.89 bits per heavy atom. The van der Waals surface area contributed by atoms with Crippen LogP contribution in [0.3, 0.4) is 0 Å². The zero-order valence-electron chi connectivity index (χ0n) is 11.3. The summed E-state index contributed by atoms with van der Waals surface area (Å²) in [5.74, 6) is 0. The fourth-order valence-electron chi connectivity index (χ4n) is 3.32. The second-order valence-corrected chi connectivity index (χ2v) is 5.28. The lowest BCUT2D eigenvalue weighted by Crippen LogP contribution is -2.16. The highest BCUT2D eigenvalue weighted by atomic mass is 14.9. The van der Waals surface area contributed by atoms with E-state index >= 15 is 0 Å². The molecule has 18 heavy (non-hydrogen) atoms. The first-order valence-corrected chi connectivity index (χ1v) is 7.05. The van der Waals surface area contributed by atoms with Crippen LogP contribution in [0.2, 0.25) is 0 Å². The van der Waals surface area contributed by atoms with Crippen LogP contribution >= 0.6 is 0 Å². The number of hydrogen-bond acceptors (Lipinski definition) is 1. The van der Waals surface area contributed by atoms with Crippen molar-refractivity contribution in [3.8, 4) is 0 Å². The molecule has 94 valence electrons. The summed E-state index contributed by atoms with van der Waals surface area (Å²) in [6, 6.07) is 12.0. The molecule has 0 saturated heterocycles. The van der Waals surface area contributed by atoms with Crippen LogP contribution in [0.1, 0.15) is 42.5 Å². The van der Waals surface area contributed by atoms with Gasteiger partial charge < -0.3 is 5.32 Å². The van der Waals surface area contributed by atoms with Gasteiger partial charge in [-0.3, -0.25) is 0 Å². The van der Waals surface area contributed by atoms with E-state index in [0.29, 0.717) is 6.04 Å². The number of hydrogen-bond donors (Lipinski definition) is 1. The monoisotopic (exact) mass is 239 g/mol. The number of rotatable bonds is 4. The Kier molecular flexibility index (Phi) is 3.09. The van der Waals surface area contributed by atoms with Crippen molar-refractivity contribution in [3.05, 3.63) is 47.0 Å². The molecule has 0 spiro atoms. The molecule has 1 nitrogen and oxygen atoms in total. The Labute approximate surface area is 109 Å². The van der Waals surface area contributed by atoms with Gasteiger partial charge in [-0.2, -0.15) is 0 Å². The summed E-state index contributed by atoms with van der Waals surface area (Å²) in [6.45, 7) is 2.25. The first kappa shape index (κ1) is 11.7. The quantitative estimate of drug-likeness (QED) is 0.850. The van der Waals surface area contributed by atoms with Crippen LogP contribution in [-0.4, -0.2) is 7.05 Å². The molecule has 1 atom stereocenters. The van der Waals surface area contributed by atoms with Crippen molar-refractivity contribution >= 4 is 10.8 Å². The minimum absolute atomic E-state index is 0.486. The molecule has 1 unspecified atom stereocenters. The van der Waals surface area contributed by atoms with Crippen molar-refractivity contribution in [2.45, 2.75) is 38.6 Å². The Morgan fingerprint density at radius 3 is 2.61 bits per heavy atom.